The quantitative estimate of drug-likeness (QED) is 0.652. The minimum absolute atomic E-state index is 0.203. The first kappa shape index (κ1) is 11.2. The monoisotopic (exact) mass is 199 g/mol. The maximum Gasteiger partial charge on any atom is 0.122 e. The number of hydrogen-bond donors (Lipinski definition) is 2. The molecular formula is C9H17N3O2. The van der Waals surface area contributed by atoms with Crippen molar-refractivity contribution in [1.29, 1.82) is 0 Å². The van der Waals surface area contributed by atoms with Crippen molar-refractivity contribution in [3.05, 3.63) is 18.2 Å². The van der Waals surface area contributed by atoms with Gasteiger partial charge in [0.15, 0.2) is 0 Å². The van der Waals surface area contributed by atoms with E-state index in [0.29, 0.717) is 13.1 Å². The number of hydrogen-bond acceptors (Lipinski definition) is 4. The minimum Gasteiger partial charge on any atom is -0.394 e. The van der Waals surface area contributed by atoms with Gasteiger partial charge in [0.2, 0.25) is 0 Å². The lowest BCUT2D eigenvalue weighted by atomic mass is 10.3. The lowest BCUT2D eigenvalue weighted by molar-refractivity contribution is 0.0639. The van der Waals surface area contributed by atoms with Crippen molar-refractivity contribution in [3.63, 3.8) is 0 Å². The summed E-state index contributed by atoms with van der Waals surface area (Å²) < 4.78 is 1.93. The number of rotatable bonds is 5. The second-order valence-electron chi connectivity index (χ2n) is 3.49. The van der Waals surface area contributed by atoms with E-state index in [1.54, 1.807) is 6.20 Å². The highest BCUT2D eigenvalue weighted by Gasteiger charge is 2.08. The van der Waals surface area contributed by atoms with Gasteiger partial charge in [-0.15, -0.1) is 0 Å². The highest BCUT2D eigenvalue weighted by atomic mass is 16.3. The van der Waals surface area contributed by atoms with Gasteiger partial charge in [-0.05, 0) is 7.05 Å². The van der Waals surface area contributed by atoms with Gasteiger partial charge < -0.3 is 14.8 Å². The smallest absolute Gasteiger partial charge is 0.122 e. The summed E-state index contributed by atoms with van der Waals surface area (Å²) in [6.07, 6.45) is 2.94. The topological polar surface area (TPSA) is 61.5 Å². The van der Waals surface area contributed by atoms with Gasteiger partial charge in [-0.25, -0.2) is 4.98 Å². The fraction of sp³-hybridized carbons (Fsp3) is 0.667. The van der Waals surface area contributed by atoms with Gasteiger partial charge >= 0.3 is 0 Å². The Morgan fingerprint density at radius 2 is 2.36 bits per heavy atom. The second kappa shape index (κ2) is 5.09. The van der Waals surface area contributed by atoms with E-state index < -0.39 is 6.10 Å². The third kappa shape index (κ3) is 3.10. The zero-order valence-electron chi connectivity index (χ0n) is 8.59. The van der Waals surface area contributed by atoms with E-state index in [1.807, 2.05) is 29.8 Å². The molecule has 0 radical (unpaired) electrons. The number of aliphatic hydroxyl groups is 2. The molecule has 0 bridgehead atoms. The zero-order valence-corrected chi connectivity index (χ0v) is 8.59. The van der Waals surface area contributed by atoms with Gasteiger partial charge in [0, 0.05) is 26.0 Å². The van der Waals surface area contributed by atoms with Crippen LogP contribution in [0.3, 0.4) is 0 Å². The first-order valence-electron chi connectivity index (χ1n) is 4.57. The molecule has 0 aromatic carbocycles. The van der Waals surface area contributed by atoms with Crippen LogP contribution in [0.5, 0.6) is 0 Å². The fourth-order valence-electron chi connectivity index (χ4n) is 1.27. The van der Waals surface area contributed by atoms with Crippen LogP contribution in [0.4, 0.5) is 0 Å². The van der Waals surface area contributed by atoms with Crippen molar-refractivity contribution in [2.75, 3.05) is 20.2 Å². The Hall–Kier alpha value is -0.910. The Balaban J connectivity index is 2.41. The minimum atomic E-state index is -0.680. The van der Waals surface area contributed by atoms with Crippen molar-refractivity contribution >= 4 is 0 Å². The van der Waals surface area contributed by atoms with Gasteiger partial charge in [-0.1, -0.05) is 0 Å². The molecule has 0 aliphatic carbocycles. The van der Waals surface area contributed by atoms with E-state index in [0.717, 1.165) is 5.82 Å². The van der Waals surface area contributed by atoms with E-state index in [4.69, 9.17) is 5.11 Å². The molecule has 5 heteroatoms. The van der Waals surface area contributed by atoms with Crippen molar-refractivity contribution in [2.45, 2.75) is 12.6 Å². The fourth-order valence-corrected chi connectivity index (χ4v) is 1.27. The molecule has 1 unspecified atom stereocenters. The molecule has 0 saturated carbocycles. The summed E-state index contributed by atoms with van der Waals surface area (Å²) in [4.78, 5) is 6.09. The summed E-state index contributed by atoms with van der Waals surface area (Å²) in [5.74, 6) is 0.942. The number of likely N-dealkylation sites (N-methyl/N-ethyl adjacent to an activating group) is 1. The lowest BCUT2D eigenvalue weighted by Gasteiger charge is -2.18. The maximum absolute atomic E-state index is 9.21. The highest BCUT2D eigenvalue weighted by Crippen LogP contribution is 1.99. The first-order chi connectivity index (χ1) is 6.63. The van der Waals surface area contributed by atoms with E-state index >= 15 is 0 Å². The average Bonchev–Trinajstić information content (AvgIpc) is 2.51. The van der Waals surface area contributed by atoms with Crippen molar-refractivity contribution in [2.24, 2.45) is 7.05 Å². The number of imidazole rings is 1. The normalized spacial score (nSPS) is 13.5. The Labute approximate surface area is 83.6 Å². The van der Waals surface area contributed by atoms with Crippen LogP contribution < -0.4 is 0 Å². The summed E-state index contributed by atoms with van der Waals surface area (Å²) >= 11 is 0. The summed E-state index contributed by atoms with van der Waals surface area (Å²) in [5, 5.41) is 17.9. The Bertz CT molecular complexity index is 275. The lowest BCUT2D eigenvalue weighted by Crippen LogP contribution is -2.31. The molecule has 0 aliphatic heterocycles. The molecule has 0 amide bonds. The predicted molar refractivity (Wildman–Crippen MR) is 52.6 cm³/mol. The number of aryl methyl sites for hydroxylation is 1. The molecule has 1 aromatic heterocycles. The molecule has 0 spiro atoms. The molecule has 80 valence electrons. The average molecular weight is 199 g/mol. The Morgan fingerprint density at radius 3 is 2.86 bits per heavy atom. The van der Waals surface area contributed by atoms with Gasteiger partial charge in [0.05, 0.1) is 19.3 Å². The molecule has 0 saturated heterocycles. The summed E-state index contributed by atoms with van der Waals surface area (Å²) in [6, 6.07) is 0. The van der Waals surface area contributed by atoms with Crippen LogP contribution in [-0.2, 0) is 13.6 Å². The van der Waals surface area contributed by atoms with E-state index in [9.17, 15) is 5.11 Å². The predicted octanol–water partition coefficient (Wildman–Crippen LogP) is -0.795. The molecule has 1 heterocycles. The van der Waals surface area contributed by atoms with Crippen LogP contribution in [0.25, 0.3) is 0 Å². The molecule has 1 rings (SSSR count). The molecule has 0 aliphatic rings. The zero-order chi connectivity index (χ0) is 10.6. The molecule has 1 aromatic rings. The SMILES string of the molecule is CN(Cc1nccn1C)CC(O)CO. The number of aromatic nitrogens is 2. The van der Waals surface area contributed by atoms with Crippen molar-refractivity contribution in [3.8, 4) is 0 Å². The van der Waals surface area contributed by atoms with Crippen LogP contribution in [0.2, 0.25) is 0 Å². The van der Waals surface area contributed by atoms with Gasteiger partial charge in [0.25, 0.3) is 0 Å². The molecular weight excluding hydrogens is 182 g/mol. The third-order valence-corrected chi connectivity index (χ3v) is 2.07. The molecule has 2 N–H and O–H groups in total. The standard InChI is InChI=1S/C9H17N3O2/c1-11(5-8(14)7-13)6-9-10-3-4-12(9)2/h3-4,8,13-14H,5-7H2,1-2H3. The van der Waals surface area contributed by atoms with Crippen LogP contribution in [-0.4, -0.2) is 51.0 Å². The molecule has 1 atom stereocenters. The first-order valence-corrected chi connectivity index (χ1v) is 4.57. The van der Waals surface area contributed by atoms with Crippen molar-refractivity contribution < 1.29 is 10.2 Å². The van der Waals surface area contributed by atoms with Crippen LogP contribution in [0, 0.1) is 0 Å². The van der Waals surface area contributed by atoms with Gasteiger partial charge in [-0.3, -0.25) is 4.90 Å². The van der Waals surface area contributed by atoms with Crippen LogP contribution in [0.15, 0.2) is 12.4 Å². The van der Waals surface area contributed by atoms with E-state index in [1.165, 1.54) is 0 Å². The molecule has 5 nitrogen and oxygen atoms in total. The van der Waals surface area contributed by atoms with Gasteiger partial charge in [0.1, 0.15) is 5.82 Å². The summed E-state index contributed by atoms with van der Waals surface area (Å²) in [6.45, 7) is 0.912. The van der Waals surface area contributed by atoms with Gasteiger partial charge in [-0.2, -0.15) is 0 Å². The van der Waals surface area contributed by atoms with Crippen molar-refractivity contribution in [1.82, 2.24) is 14.5 Å². The number of aliphatic hydroxyl groups excluding tert-OH is 2. The van der Waals surface area contributed by atoms with E-state index in [-0.39, 0.29) is 6.61 Å². The molecule has 14 heavy (non-hydrogen) atoms. The van der Waals surface area contributed by atoms with E-state index in [2.05, 4.69) is 4.98 Å². The van der Waals surface area contributed by atoms with Crippen LogP contribution in [0.1, 0.15) is 5.82 Å². The largest absolute Gasteiger partial charge is 0.394 e. The number of nitrogens with zero attached hydrogens (tertiary/aromatic N) is 3. The Morgan fingerprint density at radius 1 is 1.64 bits per heavy atom. The Kier molecular flexibility index (Phi) is 4.06. The van der Waals surface area contributed by atoms with Crippen LogP contribution >= 0.6 is 0 Å². The summed E-state index contributed by atoms with van der Waals surface area (Å²) in [7, 11) is 3.81. The molecule has 0 fully saturated rings. The summed E-state index contributed by atoms with van der Waals surface area (Å²) in [5.41, 5.74) is 0. The highest BCUT2D eigenvalue weighted by molar-refractivity contribution is 4.90. The maximum atomic E-state index is 9.21. The third-order valence-electron chi connectivity index (χ3n) is 2.07. The second-order valence-corrected chi connectivity index (χ2v) is 3.49.